The van der Waals surface area contributed by atoms with Crippen LogP contribution >= 0.6 is 0 Å². The molecule has 0 aromatic carbocycles. The fourth-order valence-electron chi connectivity index (χ4n) is 1.82. The number of hydrogen-bond donors (Lipinski definition) is 0. The first-order chi connectivity index (χ1) is 7.45. The Hall–Kier alpha value is -0.370. The molecule has 0 aliphatic heterocycles. The minimum atomic E-state index is -0.744. The van der Waals surface area contributed by atoms with Crippen molar-refractivity contribution in [1.82, 2.24) is 0 Å². The molecule has 2 atom stereocenters. The van der Waals surface area contributed by atoms with Crippen LogP contribution in [0.5, 0.6) is 0 Å². The zero-order chi connectivity index (χ0) is 12.2. The van der Waals surface area contributed by atoms with Crippen molar-refractivity contribution in [2.24, 2.45) is 5.92 Å². The lowest BCUT2D eigenvalue weighted by Gasteiger charge is -2.24. The van der Waals surface area contributed by atoms with Crippen LogP contribution in [0.1, 0.15) is 47.0 Å². The second-order valence-corrected chi connectivity index (χ2v) is 7.66. The quantitative estimate of drug-likeness (QED) is 0.730. The highest BCUT2D eigenvalue weighted by Gasteiger charge is 2.23. The SMILES string of the molecule is CCC(C[S@@](=O)C(C)(C)C)C1=CCCC=C1. The van der Waals surface area contributed by atoms with E-state index in [0.29, 0.717) is 5.92 Å². The van der Waals surface area contributed by atoms with Gasteiger partial charge in [-0.3, -0.25) is 4.21 Å². The molecule has 1 unspecified atom stereocenters. The maximum Gasteiger partial charge on any atom is 0.0375 e. The normalized spacial score (nSPS) is 20.4. The predicted octanol–water partition coefficient (Wildman–Crippen LogP) is 3.84. The molecule has 0 heterocycles. The Morgan fingerprint density at radius 3 is 2.50 bits per heavy atom. The molecule has 0 fully saturated rings. The molecule has 0 bridgehead atoms. The Morgan fingerprint density at radius 2 is 2.06 bits per heavy atom. The summed E-state index contributed by atoms with van der Waals surface area (Å²) >= 11 is 0. The minimum Gasteiger partial charge on any atom is -0.259 e. The summed E-state index contributed by atoms with van der Waals surface area (Å²) in [7, 11) is -0.744. The van der Waals surface area contributed by atoms with Gasteiger partial charge in [0.15, 0.2) is 0 Å². The maximum atomic E-state index is 12.1. The summed E-state index contributed by atoms with van der Waals surface area (Å²) in [6, 6.07) is 0. The van der Waals surface area contributed by atoms with Crippen molar-refractivity contribution < 1.29 is 4.21 Å². The van der Waals surface area contributed by atoms with Crippen LogP contribution in [-0.2, 0) is 10.8 Å². The van der Waals surface area contributed by atoms with E-state index in [0.717, 1.165) is 25.0 Å². The van der Waals surface area contributed by atoms with E-state index in [1.165, 1.54) is 5.57 Å². The third kappa shape index (κ3) is 3.89. The van der Waals surface area contributed by atoms with Crippen LogP contribution in [-0.4, -0.2) is 14.7 Å². The van der Waals surface area contributed by atoms with Crippen LogP contribution in [0.15, 0.2) is 23.8 Å². The zero-order valence-corrected chi connectivity index (χ0v) is 11.8. The second-order valence-electron chi connectivity index (χ2n) is 5.41. The molecule has 0 saturated carbocycles. The Bertz CT molecular complexity index is 307. The summed E-state index contributed by atoms with van der Waals surface area (Å²) in [5.74, 6) is 1.27. The number of rotatable bonds is 4. The van der Waals surface area contributed by atoms with Crippen molar-refractivity contribution in [2.75, 3.05) is 5.75 Å². The summed E-state index contributed by atoms with van der Waals surface area (Å²) in [6.07, 6.45) is 10.1. The molecule has 0 aromatic heterocycles. The van der Waals surface area contributed by atoms with E-state index in [-0.39, 0.29) is 4.75 Å². The summed E-state index contributed by atoms with van der Waals surface area (Å²) in [5.41, 5.74) is 1.39. The Balaban J connectivity index is 2.66. The van der Waals surface area contributed by atoms with Gasteiger partial charge in [-0.1, -0.05) is 25.2 Å². The number of hydrogen-bond acceptors (Lipinski definition) is 1. The topological polar surface area (TPSA) is 17.1 Å². The Morgan fingerprint density at radius 1 is 1.38 bits per heavy atom. The van der Waals surface area contributed by atoms with Gasteiger partial charge in [0.2, 0.25) is 0 Å². The Kier molecular flexibility index (Phi) is 4.97. The van der Waals surface area contributed by atoms with Crippen molar-refractivity contribution in [1.29, 1.82) is 0 Å². The standard InChI is InChI=1S/C14H24OS/c1-5-12(11-16(15)14(2,3)4)13-9-7-6-8-10-13/h7,9-10,12H,5-6,8,11H2,1-4H3/t12?,16-/m1/s1. The number of allylic oxidation sites excluding steroid dienone is 4. The maximum absolute atomic E-state index is 12.1. The third-order valence-corrected chi connectivity index (χ3v) is 5.09. The van der Waals surface area contributed by atoms with Gasteiger partial charge in [0.25, 0.3) is 0 Å². The van der Waals surface area contributed by atoms with Gasteiger partial charge in [-0.2, -0.15) is 0 Å². The summed E-state index contributed by atoms with van der Waals surface area (Å²) in [5, 5.41) is 0. The van der Waals surface area contributed by atoms with E-state index >= 15 is 0 Å². The van der Waals surface area contributed by atoms with Crippen molar-refractivity contribution >= 4 is 10.8 Å². The van der Waals surface area contributed by atoms with Crippen LogP contribution in [0.3, 0.4) is 0 Å². The lowest BCUT2D eigenvalue weighted by atomic mass is 9.93. The van der Waals surface area contributed by atoms with Gasteiger partial charge >= 0.3 is 0 Å². The van der Waals surface area contributed by atoms with Crippen molar-refractivity contribution in [3.05, 3.63) is 23.8 Å². The van der Waals surface area contributed by atoms with Crippen LogP contribution in [0, 0.1) is 5.92 Å². The molecule has 0 aromatic rings. The van der Waals surface area contributed by atoms with Crippen molar-refractivity contribution in [3.63, 3.8) is 0 Å². The van der Waals surface area contributed by atoms with Crippen LogP contribution in [0.2, 0.25) is 0 Å². The molecule has 92 valence electrons. The molecule has 1 rings (SSSR count). The Labute approximate surface area is 102 Å². The van der Waals surface area contributed by atoms with Crippen molar-refractivity contribution in [2.45, 2.75) is 51.7 Å². The van der Waals surface area contributed by atoms with Gasteiger partial charge in [-0.15, -0.1) is 0 Å². The summed E-state index contributed by atoms with van der Waals surface area (Å²) < 4.78 is 12.0. The van der Waals surface area contributed by atoms with E-state index in [2.05, 4.69) is 45.9 Å². The molecule has 0 radical (unpaired) electrons. The molecular formula is C14H24OS. The second kappa shape index (κ2) is 5.81. The van der Waals surface area contributed by atoms with Gasteiger partial charge in [-0.05, 0) is 51.5 Å². The van der Waals surface area contributed by atoms with Gasteiger partial charge < -0.3 is 0 Å². The zero-order valence-electron chi connectivity index (χ0n) is 11.0. The van der Waals surface area contributed by atoms with Gasteiger partial charge in [0.05, 0.1) is 0 Å². The molecule has 1 aliphatic rings. The van der Waals surface area contributed by atoms with E-state index in [1.54, 1.807) is 0 Å². The molecule has 0 saturated heterocycles. The first-order valence-corrected chi connectivity index (χ1v) is 7.52. The molecular weight excluding hydrogens is 216 g/mol. The molecule has 0 amide bonds. The van der Waals surface area contributed by atoms with Gasteiger partial charge in [0, 0.05) is 21.3 Å². The summed E-state index contributed by atoms with van der Waals surface area (Å²) in [6.45, 7) is 8.36. The van der Waals surface area contributed by atoms with E-state index < -0.39 is 10.8 Å². The first kappa shape index (κ1) is 13.7. The van der Waals surface area contributed by atoms with Crippen LogP contribution in [0.25, 0.3) is 0 Å². The highest BCUT2D eigenvalue weighted by molar-refractivity contribution is 7.86. The van der Waals surface area contributed by atoms with E-state index in [9.17, 15) is 4.21 Å². The molecule has 16 heavy (non-hydrogen) atoms. The van der Waals surface area contributed by atoms with Gasteiger partial charge in [-0.25, -0.2) is 0 Å². The average Bonchev–Trinajstić information content (AvgIpc) is 2.25. The molecule has 2 heteroatoms. The average molecular weight is 240 g/mol. The minimum absolute atomic E-state index is 0.0909. The van der Waals surface area contributed by atoms with E-state index in [1.807, 2.05) is 0 Å². The first-order valence-electron chi connectivity index (χ1n) is 6.20. The lowest BCUT2D eigenvalue weighted by molar-refractivity contribution is 0.616. The lowest BCUT2D eigenvalue weighted by Crippen LogP contribution is -2.28. The fourth-order valence-corrected chi connectivity index (χ4v) is 3.11. The van der Waals surface area contributed by atoms with Crippen LogP contribution in [0.4, 0.5) is 0 Å². The predicted molar refractivity (Wildman–Crippen MR) is 73.0 cm³/mol. The highest BCUT2D eigenvalue weighted by atomic mass is 32.2. The molecule has 0 spiro atoms. The van der Waals surface area contributed by atoms with Gasteiger partial charge in [0.1, 0.15) is 0 Å². The fraction of sp³-hybridized carbons (Fsp3) is 0.714. The molecule has 0 N–H and O–H groups in total. The monoisotopic (exact) mass is 240 g/mol. The molecule has 1 aliphatic carbocycles. The molecule has 1 nitrogen and oxygen atoms in total. The largest absolute Gasteiger partial charge is 0.259 e. The smallest absolute Gasteiger partial charge is 0.0375 e. The van der Waals surface area contributed by atoms with E-state index in [4.69, 9.17) is 0 Å². The van der Waals surface area contributed by atoms with Crippen LogP contribution < -0.4 is 0 Å². The van der Waals surface area contributed by atoms with Crippen molar-refractivity contribution in [3.8, 4) is 0 Å². The highest BCUT2D eigenvalue weighted by Crippen LogP contribution is 2.25. The summed E-state index contributed by atoms with van der Waals surface area (Å²) in [4.78, 5) is 0. The third-order valence-electron chi connectivity index (χ3n) is 3.02.